The van der Waals surface area contributed by atoms with E-state index in [0.717, 1.165) is 26.2 Å². The van der Waals surface area contributed by atoms with E-state index in [-0.39, 0.29) is 12.0 Å². The molecule has 2 unspecified atom stereocenters. The molecule has 2 fully saturated rings. The van der Waals surface area contributed by atoms with E-state index in [1.54, 1.807) is 0 Å². The van der Waals surface area contributed by atoms with Gasteiger partial charge in [-0.3, -0.25) is 9.69 Å². The number of carboxylic acids is 1. The zero-order valence-corrected chi connectivity index (χ0v) is 10.2. The second-order valence-corrected chi connectivity index (χ2v) is 5.75. The maximum Gasteiger partial charge on any atom is 0.305 e. The van der Waals surface area contributed by atoms with Gasteiger partial charge in [0.1, 0.15) is 0 Å². The number of nitrogens with one attached hydrogen (secondary N) is 1. The lowest BCUT2D eigenvalue weighted by atomic mass is 9.81. The van der Waals surface area contributed by atoms with Gasteiger partial charge < -0.3 is 10.4 Å². The average Bonchev–Trinajstić information content (AvgIpc) is 2.09. The third-order valence-corrected chi connectivity index (χ3v) is 3.93. The third-order valence-electron chi connectivity index (χ3n) is 3.93. The van der Waals surface area contributed by atoms with Crippen molar-refractivity contribution in [1.82, 2.24) is 10.2 Å². The Morgan fingerprint density at radius 1 is 1.38 bits per heavy atom. The van der Waals surface area contributed by atoms with Crippen molar-refractivity contribution in [2.75, 3.05) is 26.2 Å². The molecule has 0 aromatic carbocycles. The molecule has 2 N–H and O–H groups in total. The highest BCUT2D eigenvalue weighted by Gasteiger charge is 2.45. The van der Waals surface area contributed by atoms with Gasteiger partial charge in [0, 0.05) is 26.2 Å². The standard InChI is InChI=1S/C12H22N2O2/c1-9-3-10(2)6-14(5-9)12(4-11(15)16)7-13-8-12/h9-10,13H,3-8H2,1-2H3,(H,15,16). The largest absolute Gasteiger partial charge is 0.481 e. The quantitative estimate of drug-likeness (QED) is 0.747. The molecular weight excluding hydrogens is 204 g/mol. The van der Waals surface area contributed by atoms with Gasteiger partial charge in [-0.25, -0.2) is 0 Å². The van der Waals surface area contributed by atoms with E-state index in [1.165, 1.54) is 6.42 Å². The average molecular weight is 226 g/mol. The van der Waals surface area contributed by atoms with Crippen LogP contribution < -0.4 is 5.32 Å². The smallest absolute Gasteiger partial charge is 0.305 e. The van der Waals surface area contributed by atoms with Crippen molar-refractivity contribution < 1.29 is 9.90 Å². The predicted molar refractivity (Wildman–Crippen MR) is 62.4 cm³/mol. The van der Waals surface area contributed by atoms with Gasteiger partial charge >= 0.3 is 5.97 Å². The van der Waals surface area contributed by atoms with E-state index in [4.69, 9.17) is 5.11 Å². The zero-order chi connectivity index (χ0) is 11.8. The summed E-state index contributed by atoms with van der Waals surface area (Å²) in [4.78, 5) is 13.4. The molecule has 4 nitrogen and oxygen atoms in total. The molecule has 2 aliphatic heterocycles. The van der Waals surface area contributed by atoms with Gasteiger partial charge in [0.25, 0.3) is 0 Å². The van der Waals surface area contributed by atoms with Crippen molar-refractivity contribution in [1.29, 1.82) is 0 Å². The van der Waals surface area contributed by atoms with Crippen LogP contribution in [0.3, 0.4) is 0 Å². The van der Waals surface area contributed by atoms with Crippen LogP contribution in [0.4, 0.5) is 0 Å². The Bertz CT molecular complexity index is 266. The van der Waals surface area contributed by atoms with Crippen LogP contribution in [0.25, 0.3) is 0 Å². The summed E-state index contributed by atoms with van der Waals surface area (Å²) in [5.74, 6) is 0.706. The fourth-order valence-electron chi connectivity index (χ4n) is 3.21. The van der Waals surface area contributed by atoms with E-state index in [2.05, 4.69) is 24.1 Å². The van der Waals surface area contributed by atoms with Gasteiger partial charge in [0.05, 0.1) is 12.0 Å². The molecule has 0 aromatic rings. The summed E-state index contributed by atoms with van der Waals surface area (Å²) < 4.78 is 0. The topological polar surface area (TPSA) is 52.6 Å². The second-order valence-electron chi connectivity index (χ2n) is 5.75. The highest BCUT2D eigenvalue weighted by atomic mass is 16.4. The fourth-order valence-corrected chi connectivity index (χ4v) is 3.21. The molecule has 0 aliphatic carbocycles. The number of likely N-dealkylation sites (tertiary alicyclic amines) is 1. The molecule has 0 radical (unpaired) electrons. The molecule has 2 saturated heterocycles. The van der Waals surface area contributed by atoms with Crippen molar-refractivity contribution in [3.63, 3.8) is 0 Å². The summed E-state index contributed by atoms with van der Waals surface area (Å²) in [6.45, 7) is 8.31. The van der Waals surface area contributed by atoms with Gasteiger partial charge in [0.15, 0.2) is 0 Å². The van der Waals surface area contributed by atoms with E-state index >= 15 is 0 Å². The number of nitrogens with zero attached hydrogens (tertiary/aromatic N) is 1. The molecule has 92 valence electrons. The Balaban J connectivity index is 2.05. The van der Waals surface area contributed by atoms with Crippen LogP contribution in [0.15, 0.2) is 0 Å². The first-order chi connectivity index (χ1) is 7.52. The minimum absolute atomic E-state index is 0.102. The van der Waals surface area contributed by atoms with Crippen LogP contribution in [0.5, 0.6) is 0 Å². The highest BCUT2D eigenvalue weighted by Crippen LogP contribution is 2.31. The molecule has 0 aromatic heterocycles. The maximum atomic E-state index is 11.0. The number of rotatable bonds is 3. The molecule has 2 heterocycles. The molecule has 2 rings (SSSR count). The third kappa shape index (κ3) is 2.23. The molecule has 4 heteroatoms. The van der Waals surface area contributed by atoms with E-state index in [0.29, 0.717) is 11.8 Å². The molecule has 16 heavy (non-hydrogen) atoms. The Morgan fingerprint density at radius 2 is 1.94 bits per heavy atom. The van der Waals surface area contributed by atoms with Crippen molar-refractivity contribution in [3.05, 3.63) is 0 Å². The van der Waals surface area contributed by atoms with Crippen LogP contribution in [0.1, 0.15) is 26.7 Å². The van der Waals surface area contributed by atoms with Gasteiger partial charge in [0.2, 0.25) is 0 Å². The molecule has 0 saturated carbocycles. The summed E-state index contributed by atoms with van der Waals surface area (Å²) in [5, 5.41) is 12.3. The van der Waals surface area contributed by atoms with Gasteiger partial charge in [-0.15, -0.1) is 0 Å². The van der Waals surface area contributed by atoms with Crippen molar-refractivity contribution in [2.45, 2.75) is 32.2 Å². The Hall–Kier alpha value is -0.610. The van der Waals surface area contributed by atoms with Gasteiger partial charge in [-0.1, -0.05) is 13.8 Å². The number of aliphatic carboxylic acids is 1. The molecule has 0 spiro atoms. The monoisotopic (exact) mass is 226 g/mol. The van der Waals surface area contributed by atoms with E-state index in [9.17, 15) is 4.79 Å². The lowest BCUT2D eigenvalue weighted by molar-refractivity contribution is -0.143. The summed E-state index contributed by atoms with van der Waals surface area (Å²) in [6.07, 6.45) is 1.55. The lowest BCUT2D eigenvalue weighted by Gasteiger charge is -2.53. The second kappa shape index (κ2) is 4.34. The normalized spacial score (nSPS) is 34.4. The number of carboxylic acid groups (broad SMARTS) is 1. The van der Waals surface area contributed by atoms with Crippen LogP contribution in [0.2, 0.25) is 0 Å². The Morgan fingerprint density at radius 3 is 2.31 bits per heavy atom. The molecule has 0 bridgehead atoms. The summed E-state index contributed by atoms with van der Waals surface area (Å²) in [5.41, 5.74) is -0.102. The minimum Gasteiger partial charge on any atom is -0.481 e. The Labute approximate surface area is 97.0 Å². The van der Waals surface area contributed by atoms with Crippen LogP contribution in [-0.4, -0.2) is 47.7 Å². The number of hydrogen-bond donors (Lipinski definition) is 2. The summed E-state index contributed by atoms with van der Waals surface area (Å²) >= 11 is 0. The minimum atomic E-state index is -0.674. The van der Waals surface area contributed by atoms with Gasteiger partial charge in [-0.2, -0.15) is 0 Å². The molecule has 2 atom stereocenters. The van der Waals surface area contributed by atoms with Gasteiger partial charge in [-0.05, 0) is 18.3 Å². The fraction of sp³-hybridized carbons (Fsp3) is 0.917. The van der Waals surface area contributed by atoms with Crippen molar-refractivity contribution in [3.8, 4) is 0 Å². The van der Waals surface area contributed by atoms with E-state index in [1.807, 2.05) is 0 Å². The lowest BCUT2D eigenvalue weighted by Crippen LogP contribution is -2.71. The SMILES string of the molecule is CC1CC(C)CN(C2(CC(=O)O)CNC2)C1. The number of hydrogen-bond acceptors (Lipinski definition) is 3. The Kier molecular flexibility index (Phi) is 3.22. The first kappa shape index (κ1) is 11.9. The van der Waals surface area contributed by atoms with Crippen molar-refractivity contribution >= 4 is 5.97 Å². The number of piperidine rings is 1. The first-order valence-electron chi connectivity index (χ1n) is 6.19. The number of carbonyl (C=O) groups is 1. The highest BCUT2D eigenvalue weighted by molar-refractivity contribution is 5.68. The summed E-state index contributed by atoms with van der Waals surface area (Å²) in [7, 11) is 0. The molecule has 2 aliphatic rings. The van der Waals surface area contributed by atoms with E-state index < -0.39 is 5.97 Å². The zero-order valence-electron chi connectivity index (χ0n) is 10.2. The molecular formula is C12H22N2O2. The first-order valence-corrected chi connectivity index (χ1v) is 6.19. The predicted octanol–water partition coefficient (Wildman–Crippen LogP) is 0.781. The van der Waals surface area contributed by atoms with Crippen LogP contribution >= 0.6 is 0 Å². The summed E-state index contributed by atoms with van der Waals surface area (Å²) in [6, 6.07) is 0. The molecule has 0 amide bonds. The maximum absolute atomic E-state index is 11.0. The van der Waals surface area contributed by atoms with Crippen LogP contribution in [0, 0.1) is 11.8 Å². The van der Waals surface area contributed by atoms with Crippen LogP contribution in [-0.2, 0) is 4.79 Å². The van der Waals surface area contributed by atoms with Crippen molar-refractivity contribution in [2.24, 2.45) is 11.8 Å².